The van der Waals surface area contributed by atoms with Crippen LogP contribution in [0.25, 0.3) is 0 Å². The second-order valence-corrected chi connectivity index (χ2v) is 8.92. The largest absolute Gasteiger partial charge is 0.447 e. The molecule has 0 aromatic heterocycles. The van der Waals surface area contributed by atoms with Gasteiger partial charge in [-0.25, -0.2) is 4.79 Å². The predicted molar refractivity (Wildman–Crippen MR) is 126 cm³/mol. The zero-order chi connectivity index (χ0) is 24.5. The number of fused-ring (bicyclic) bond motifs is 1. The molecule has 9 heteroatoms. The SMILES string of the molecule is C=CCN1C(=O)[C@](O)([C@H](C)/C=C/CC(=O)N2CCC[C@H]2CO)c2cc(N3CCOC3=O)ccc21. The zero-order valence-corrected chi connectivity index (χ0v) is 19.4. The molecule has 0 spiro atoms. The monoisotopic (exact) mass is 469 g/mol. The summed E-state index contributed by atoms with van der Waals surface area (Å²) >= 11 is 0. The molecule has 9 nitrogen and oxygen atoms in total. The molecular formula is C25H31N3O6. The van der Waals surface area contributed by atoms with Crippen LogP contribution in [0.15, 0.2) is 43.0 Å². The number of benzene rings is 1. The van der Waals surface area contributed by atoms with Gasteiger partial charge >= 0.3 is 6.09 Å². The van der Waals surface area contributed by atoms with E-state index < -0.39 is 23.5 Å². The van der Waals surface area contributed by atoms with Crippen molar-refractivity contribution < 1.29 is 29.3 Å². The maximum absolute atomic E-state index is 13.4. The summed E-state index contributed by atoms with van der Waals surface area (Å²) in [4.78, 5) is 42.6. The van der Waals surface area contributed by atoms with Crippen LogP contribution in [0.5, 0.6) is 0 Å². The lowest BCUT2D eigenvalue weighted by molar-refractivity contribution is -0.139. The van der Waals surface area contributed by atoms with Crippen LogP contribution in [0.2, 0.25) is 0 Å². The van der Waals surface area contributed by atoms with Crippen LogP contribution in [0.3, 0.4) is 0 Å². The fraction of sp³-hybridized carbons (Fsp3) is 0.480. The minimum Gasteiger partial charge on any atom is -0.447 e. The fourth-order valence-corrected chi connectivity index (χ4v) is 5.02. The number of amides is 3. The minimum atomic E-state index is -1.86. The molecule has 3 aliphatic rings. The first-order valence-corrected chi connectivity index (χ1v) is 11.6. The van der Waals surface area contributed by atoms with Crippen molar-refractivity contribution in [1.82, 2.24) is 4.90 Å². The Morgan fingerprint density at radius 1 is 1.35 bits per heavy atom. The van der Waals surface area contributed by atoms with Crippen molar-refractivity contribution in [3.8, 4) is 0 Å². The van der Waals surface area contributed by atoms with Gasteiger partial charge in [0.05, 0.1) is 24.9 Å². The molecule has 0 saturated carbocycles. The van der Waals surface area contributed by atoms with Crippen LogP contribution in [0.1, 0.15) is 31.7 Å². The maximum atomic E-state index is 13.4. The lowest BCUT2D eigenvalue weighted by Gasteiger charge is -2.28. The molecule has 3 amide bonds. The van der Waals surface area contributed by atoms with Crippen LogP contribution in [-0.2, 0) is 19.9 Å². The molecule has 0 radical (unpaired) electrons. The summed E-state index contributed by atoms with van der Waals surface area (Å²) in [6.07, 6.45) is 6.25. The van der Waals surface area contributed by atoms with Gasteiger partial charge in [0.2, 0.25) is 5.91 Å². The van der Waals surface area contributed by atoms with Crippen molar-refractivity contribution in [3.63, 3.8) is 0 Å². The minimum absolute atomic E-state index is 0.0527. The number of aliphatic hydroxyl groups excluding tert-OH is 1. The number of likely N-dealkylation sites (tertiary alicyclic amines) is 1. The topological polar surface area (TPSA) is 111 Å². The van der Waals surface area contributed by atoms with Gasteiger partial charge in [0.25, 0.3) is 5.91 Å². The first-order chi connectivity index (χ1) is 16.3. The Balaban J connectivity index is 1.59. The standard InChI is InChI=1S/C25H31N3O6/c1-3-11-28-21-10-9-18(27-13-14-34-24(27)32)15-20(21)25(33,23(28)31)17(2)6-4-8-22(30)26-12-5-7-19(26)16-29/h3-4,6,9-10,15,17,19,29,33H,1,5,7-8,11-14,16H2,2H3/b6-4+/t17-,19+,25+/m1/s1. The lowest BCUT2D eigenvalue weighted by atomic mass is 9.82. The molecule has 2 N–H and O–H groups in total. The van der Waals surface area contributed by atoms with Gasteiger partial charge < -0.3 is 24.7 Å². The Hall–Kier alpha value is -3.17. The Labute approximate surface area is 198 Å². The van der Waals surface area contributed by atoms with E-state index >= 15 is 0 Å². The average Bonchev–Trinajstić information content (AvgIpc) is 3.53. The van der Waals surface area contributed by atoms with E-state index in [1.54, 1.807) is 48.3 Å². The van der Waals surface area contributed by atoms with Gasteiger partial charge in [0.1, 0.15) is 6.61 Å². The molecule has 3 heterocycles. The van der Waals surface area contributed by atoms with Crippen LogP contribution in [0.4, 0.5) is 16.2 Å². The molecule has 2 fully saturated rings. The summed E-state index contributed by atoms with van der Waals surface area (Å²) in [6.45, 7) is 6.92. The van der Waals surface area contributed by atoms with Crippen molar-refractivity contribution in [3.05, 3.63) is 48.6 Å². The van der Waals surface area contributed by atoms with E-state index in [9.17, 15) is 24.6 Å². The number of hydrogen-bond acceptors (Lipinski definition) is 6. The number of ether oxygens (including phenoxy) is 1. The first-order valence-electron chi connectivity index (χ1n) is 11.6. The number of cyclic esters (lactones) is 1. The van der Waals surface area contributed by atoms with Gasteiger partial charge in [-0.15, -0.1) is 6.58 Å². The molecule has 0 unspecified atom stereocenters. The second kappa shape index (κ2) is 9.60. The predicted octanol–water partition coefficient (Wildman–Crippen LogP) is 1.93. The quantitative estimate of drug-likeness (QED) is 0.563. The van der Waals surface area contributed by atoms with E-state index in [0.717, 1.165) is 12.8 Å². The summed E-state index contributed by atoms with van der Waals surface area (Å²) in [7, 11) is 0. The highest BCUT2D eigenvalue weighted by Gasteiger charge is 2.52. The number of anilines is 2. The van der Waals surface area contributed by atoms with Gasteiger partial charge in [-0.05, 0) is 31.0 Å². The molecule has 2 saturated heterocycles. The summed E-state index contributed by atoms with van der Waals surface area (Å²) in [5.74, 6) is -1.21. The van der Waals surface area contributed by atoms with E-state index in [-0.39, 0.29) is 38.1 Å². The molecule has 0 aliphatic carbocycles. The van der Waals surface area contributed by atoms with Crippen LogP contribution in [-0.4, -0.2) is 71.9 Å². The van der Waals surface area contributed by atoms with Crippen molar-refractivity contribution >= 4 is 29.3 Å². The molecule has 1 aromatic carbocycles. The van der Waals surface area contributed by atoms with Crippen molar-refractivity contribution in [2.45, 2.75) is 37.8 Å². The molecule has 0 bridgehead atoms. The fourth-order valence-electron chi connectivity index (χ4n) is 5.02. The molecule has 3 atom stereocenters. The average molecular weight is 470 g/mol. The number of hydrogen-bond donors (Lipinski definition) is 2. The summed E-state index contributed by atoms with van der Waals surface area (Å²) in [5, 5.41) is 21.2. The number of aliphatic hydroxyl groups is 2. The number of carbonyl (C=O) groups excluding carboxylic acids is 3. The van der Waals surface area contributed by atoms with E-state index in [1.807, 2.05) is 0 Å². The zero-order valence-electron chi connectivity index (χ0n) is 19.4. The van der Waals surface area contributed by atoms with Crippen LogP contribution >= 0.6 is 0 Å². The van der Waals surface area contributed by atoms with E-state index in [1.165, 1.54) is 9.80 Å². The van der Waals surface area contributed by atoms with E-state index in [0.29, 0.717) is 30.0 Å². The highest BCUT2D eigenvalue weighted by atomic mass is 16.6. The van der Waals surface area contributed by atoms with Gasteiger partial charge in [0.15, 0.2) is 5.60 Å². The summed E-state index contributed by atoms with van der Waals surface area (Å²) in [6, 6.07) is 4.97. The molecule has 3 aliphatic heterocycles. The number of carbonyl (C=O) groups is 3. The van der Waals surface area contributed by atoms with Crippen molar-refractivity contribution in [2.24, 2.45) is 5.92 Å². The smallest absolute Gasteiger partial charge is 0.414 e. The molecular weight excluding hydrogens is 438 g/mol. The van der Waals surface area contributed by atoms with Crippen LogP contribution < -0.4 is 9.80 Å². The molecule has 34 heavy (non-hydrogen) atoms. The second-order valence-electron chi connectivity index (χ2n) is 8.92. The normalized spacial score (nSPS) is 25.3. The third kappa shape index (κ3) is 3.99. The van der Waals surface area contributed by atoms with E-state index in [4.69, 9.17) is 4.74 Å². The summed E-state index contributed by atoms with van der Waals surface area (Å²) < 4.78 is 5.02. The Bertz CT molecular complexity index is 1020. The highest BCUT2D eigenvalue weighted by molar-refractivity contribution is 6.08. The third-order valence-corrected chi connectivity index (χ3v) is 6.92. The molecule has 4 rings (SSSR count). The van der Waals surface area contributed by atoms with Gasteiger partial charge in [-0.1, -0.05) is 25.2 Å². The maximum Gasteiger partial charge on any atom is 0.414 e. The van der Waals surface area contributed by atoms with Gasteiger partial charge in [-0.2, -0.15) is 0 Å². The van der Waals surface area contributed by atoms with Gasteiger partial charge in [0, 0.05) is 36.7 Å². The van der Waals surface area contributed by atoms with Gasteiger partial charge in [-0.3, -0.25) is 14.5 Å². The highest BCUT2D eigenvalue weighted by Crippen LogP contribution is 2.46. The Morgan fingerprint density at radius 3 is 2.82 bits per heavy atom. The lowest BCUT2D eigenvalue weighted by Crippen LogP contribution is -2.44. The molecule has 1 aromatic rings. The Morgan fingerprint density at radius 2 is 2.15 bits per heavy atom. The molecule has 182 valence electrons. The van der Waals surface area contributed by atoms with Crippen molar-refractivity contribution in [2.75, 3.05) is 42.6 Å². The van der Waals surface area contributed by atoms with Crippen LogP contribution in [0, 0.1) is 5.92 Å². The Kier molecular flexibility index (Phi) is 6.77. The summed E-state index contributed by atoms with van der Waals surface area (Å²) in [5.41, 5.74) is -0.357. The van der Waals surface area contributed by atoms with Crippen molar-refractivity contribution in [1.29, 1.82) is 0 Å². The number of rotatable bonds is 8. The number of nitrogens with zero attached hydrogens (tertiary/aromatic N) is 3. The first kappa shape index (κ1) is 24.0. The van der Waals surface area contributed by atoms with E-state index in [2.05, 4.69) is 6.58 Å². The third-order valence-electron chi connectivity index (χ3n) is 6.92.